The van der Waals surface area contributed by atoms with Crippen LogP contribution in [0.1, 0.15) is 58.6 Å². The lowest BCUT2D eigenvalue weighted by Gasteiger charge is -2.21. The number of aryl methyl sites for hydroxylation is 1. The van der Waals surface area contributed by atoms with Crippen molar-refractivity contribution in [3.63, 3.8) is 0 Å². The first-order valence-electron chi connectivity index (χ1n) is 11.9. The predicted molar refractivity (Wildman–Crippen MR) is 128 cm³/mol. The number of Topliss-reactive ketones (excluding diaryl/α,β-unsaturated/α-hetero) is 1. The number of hydrogen-bond acceptors (Lipinski definition) is 6. The second-order valence-corrected chi connectivity index (χ2v) is 8.81. The van der Waals surface area contributed by atoms with Crippen molar-refractivity contribution >= 4 is 11.8 Å². The average Bonchev–Trinajstić information content (AvgIpc) is 3.52. The topological polar surface area (TPSA) is 104 Å². The largest absolute Gasteiger partial charge is 0.507 e. The molecule has 7 nitrogen and oxygen atoms in total. The molecule has 0 saturated carbocycles. The molecule has 1 atom stereocenters. The van der Waals surface area contributed by atoms with E-state index < -0.39 is 5.97 Å². The number of fused-ring (bicyclic) bond motifs is 1. The number of nitrogens with zero attached hydrogens (tertiary/aromatic N) is 2. The maximum absolute atomic E-state index is 13.0. The first-order valence-corrected chi connectivity index (χ1v) is 11.9. The van der Waals surface area contributed by atoms with Crippen molar-refractivity contribution in [2.24, 2.45) is 5.92 Å². The molecule has 178 valence electrons. The van der Waals surface area contributed by atoms with Gasteiger partial charge in [0.25, 0.3) is 0 Å². The van der Waals surface area contributed by atoms with Gasteiger partial charge >= 0.3 is 5.97 Å². The number of benzene rings is 2. The molecule has 0 amide bonds. The van der Waals surface area contributed by atoms with Crippen LogP contribution >= 0.6 is 0 Å². The van der Waals surface area contributed by atoms with E-state index in [0.717, 1.165) is 54.8 Å². The van der Waals surface area contributed by atoms with Crippen LogP contribution in [0.25, 0.3) is 11.3 Å². The Bertz CT molecular complexity index is 1120. The first kappa shape index (κ1) is 23.7. The third kappa shape index (κ3) is 5.54. The van der Waals surface area contributed by atoms with E-state index in [1.807, 2.05) is 30.3 Å². The maximum atomic E-state index is 13.0. The third-order valence-electron chi connectivity index (χ3n) is 6.51. The van der Waals surface area contributed by atoms with E-state index >= 15 is 0 Å². The minimum atomic E-state index is -1.11. The minimum Gasteiger partial charge on any atom is -0.507 e. The monoisotopic (exact) mass is 462 g/mol. The van der Waals surface area contributed by atoms with Crippen molar-refractivity contribution in [2.75, 3.05) is 19.6 Å². The summed E-state index contributed by atoms with van der Waals surface area (Å²) in [6.45, 7) is 3.59. The summed E-state index contributed by atoms with van der Waals surface area (Å²) in [7, 11) is 0. The van der Waals surface area contributed by atoms with E-state index in [9.17, 15) is 9.59 Å². The number of carbonyl (C=O) groups excluding carboxylic acids is 1. The van der Waals surface area contributed by atoms with E-state index in [4.69, 9.17) is 14.7 Å². The molecular weight excluding hydrogens is 432 g/mol. The molecule has 2 aliphatic rings. The lowest BCUT2D eigenvalue weighted by molar-refractivity contribution is 0.0693. The number of para-hydroxylation sites is 1. The molecule has 1 saturated heterocycles. The van der Waals surface area contributed by atoms with E-state index in [-0.39, 0.29) is 23.0 Å². The zero-order valence-corrected chi connectivity index (χ0v) is 19.2. The molecule has 7 heteroatoms. The molecular formula is C27H30N2O5. The fourth-order valence-corrected chi connectivity index (χ4v) is 4.68. The molecule has 5 rings (SSSR count). The van der Waals surface area contributed by atoms with E-state index in [0.29, 0.717) is 0 Å². The summed E-state index contributed by atoms with van der Waals surface area (Å²) >= 11 is 0. The van der Waals surface area contributed by atoms with Crippen LogP contribution in [0, 0.1) is 5.92 Å². The van der Waals surface area contributed by atoms with Gasteiger partial charge < -0.3 is 19.6 Å². The summed E-state index contributed by atoms with van der Waals surface area (Å²) in [6.07, 6.45) is 6.47. The minimum absolute atomic E-state index is 0.0671. The van der Waals surface area contributed by atoms with Crippen LogP contribution in [0.2, 0.25) is 0 Å². The first-order chi connectivity index (χ1) is 16.5. The van der Waals surface area contributed by atoms with Crippen LogP contribution in [0.15, 0.2) is 59.1 Å². The quantitative estimate of drug-likeness (QED) is 0.528. The number of hydrogen-bond donors (Lipinski definition) is 2. The number of carbonyl (C=O) groups is 2. The molecule has 1 aliphatic carbocycles. The van der Waals surface area contributed by atoms with Gasteiger partial charge in [0, 0.05) is 17.9 Å². The fourth-order valence-electron chi connectivity index (χ4n) is 4.68. The number of aromatic carboxylic acids is 1. The van der Waals surface area contributed by atoms with Gasteiger partial charge in [0.15, 0.2) is 5.78 Å². The van der Waals surface area contributed by atoms with Gasteiger partial charge in [0.2, 0.25) is 0 Å². The second kappa shape index (κ2) is 11.1. The number of carboxylic acids is 1. The zero-order valence-electron chi connectivity index (χ0n) is 19.2. The Morgan fingerprint density at radius 1 is 1.06 bits per heavy atom. The highest BCUT2D eigenvalue weighted by Gasteiger charge is 2.33. The van der Waals surface area contributed by atoms with E-state index in [1.54, 1.807) is 12.1 Å². The normalized spacial score (nSPS) is 17.6. The van der Waals surface area contributed by atoms with Gasteiger partial charge in [-0.1, -0.05) is 47.6 Å². The van der Waals surface area contributed by atoms with Gasteiger partial charge in [0.05, 0.1) is 5.56 Å². The van der Waals surface area contributed by atoms with Gasteiger partial charge in [-0.2, -0.15) is 0 Å². The molecule has 2 N–H and O–H groups in total. The van der Waals surface area contributed by atoms with Crippen LogP contribution in [0.5, 0.6) is 5.75 Å². The summed E-state index contributed by atoms with van der Waals surface area (Å²) in [4.78, 5) is 25.8. The van der Waals surface area contributed by atoms with Crippen molar-refractivity contribution in [3.05, 3.63) is 71.5 Å². The van der Waals surface area contributed by atoms with Crippen molar-refractivity contribution in [1.29, 1.82) is 0 Å². The third-order valence-corrected chi connectivity index (χ3v) is 6.51. The van der Waals surface area contributed by atoms with Crippen molar-refractivity contribution < 1.29 is 24.3 Å². The molecule has 2 aromatic carbocycles. The molecule has 1 aliphatic heterocycles. The molecule has 1 aromatic heterocycles. The molecule has 0 bridgehead atoms. The highest BCUT2D eigenvalue weighted by molar-refractivity contribution is 6.04. The van der Waals surface area contributed by atoms with Crippen LogP contribution < -0.4 is 0 Å². The smallest absolute Gasteiger partial charge is 0.339 e. The molecule has 0 radical (unpaired) electrons. The van der Waals surface area contributed by atoms with Crippen LogP contribution in [-0.2, 0) is 6.42 Å². The molecule has 0 spiro atoms. The molecule has 1 fully saturated rings. The van der Waals surface area contributed by atoms with E-state index in [1.165, 1.54) is 38.1 Å². The molecule has 34 heavy (non-hydrogen) atoms. The maximum Gasteiger partial charge on any atom is 0.339 e. The van der Waals surface area contributed by atoms with Crippen molar-refractivity contribution in [3.8, 4) is 17.0 Å². The number of aromatic hydroxyl groups is 1. The Balaban J connectivity index is 0.000000231. The van der Waals surface area contributed by atoms with Crippen LogP contribution in [-0.4, -0.2) is 51.7 Å². The van der Waals surface area contributed by atoms with Crippen LogP contribution in [0.4, 0.5) is 0 Å². The predicted octanol–water partition coefficient (Wildman–Crippen LogP) is 5.05. The lowest BCUT2D eigenvalue weighted by atomic mass is 9.82. The summed E-state index contributed by atoms with van der Waals surface area (Å²) < 4.78 is 5.47. The zero-order chi connectivity index (χ0) is 23.9. The highest BCUT2D eigenvalue weighted by atomic mass is 16.5. The Kier molecular flexibility index (Phi) is 7.75. The molecule has 1 unspecified atom stereocenters. The van der Waals surface area contributed by atoms with E-state index in [2.05, 4.69) is 10.1 Å². The van der Waals surface area contributed by atoms with Crippen LogP contribution in [0.3, 0.4) is 0 Å². The van der Waals surface area contributed by atoms with Gasteiger partial charge in [-0.15, -0.1) is 0 Å². The SMILES string of the molecule is O=C(O)c1ccccc1O.O=C1c2c(-c3ccccc3)noc2CCC1CCCN1CCCC1. The number of phenols is 1. The number of ketones is 1. The summed E-state index contributed by atoms with van der Waals surface area (Å²) in [6, 6.07) is 15.7. The Morgan fingerprint density at radius 2 is 1.76 bits per heavy atom. The van der Waals surface area contributed by atoms with Gasteiger partial charge in [-0.3, -0.25) is 4.79 Å². The lowest BCUT2D eigenvalue weighted by Crippen LogP contribution is -2.25. The summed E-state index contributed by atoms with van der Waals surface area (Å²) in [5, 5.41) is 21.5. The fraction of sp³-hybridized carbons (Fsp3) is 0.370. The molecule has 2 heterocycles. The summed E-state index contributed by atoms with van der Waals surface area (Å²) in [5.41, 5.74) is 2.36. The number of aromatic nitrogens is 1. The van der Waals surface area contributed by atoms with Crippen molar-refractivity contribution in [2.45, 2.75) is 38.5 Å². The number of rotatable bonds is 6. The van der Waals surface area contributed by atoms with Crippen molar-refractivity contribution in [1.82, 2.24) is 10.1 Å². The van der Waals surface area contributed by atoms with Gasteiger partial charge in [0.1, 0.15) is 22.8 Å². The number of likely N-dealkylation sites (tertiary alicyclic amines) is 1. The second-order valence-electron chi connectivity index (χ2n) is 8.81. The highest BCUT2D eigenvalue weighted by Crippen LogP contribution is 2.35. The molecule has 3 aromatic rings. The van der Waals surface area contributed by atoms with Gasteiger partial charge in [-0.25, -0.2) is 4.79 Å². The average molecular weight is 463 g/mol. The number of carboxylic acid groups (broad SMARTS) is 1. The Hall–Kier alpha value is -3.45. The Morgan fingerprint density at radius 3 is 2.44 bits per heavy atom. The summed E-state index contributed by atoms with van der Waals surface area (Å²) in [5.74, 6) is -0.178. The Labute approximate surface area is 199 Å². The standard InChI is InChI=1S/C20H24N2O2.C7H6O3/c23-20-16(9-6-14-22-12-4-5-13-22)10-11-17-18(20)19(21-24-17)15-7-2-1-3-8-15;8-6-4-2-1-3-5(6)7(9)10/h1-3,7-8,16H,4-6,9-14H2;1-4,8H,(H,9,10). The van der Waals surface area contributed by atoms with Gasteiger partial charge in [-0.05, 0) is 63.9 Å².